The molecular weight excluding hydrogens is 293 g/mol. The molecule has 1 fully saturated rings. The Morgan fingerprint density at radius 1 is 1.18 bits per heavy atom. The summed E-state index contributed by atoms with van der Waals surface area (Å²) in [5.41, 5.74) is 0.630. The van der Waals surface area contributed by atoms with E-state index in [1.165, 1.54) is 6.07 Å². The third-order valence-corrected chi connectivity index (χ3v) is 4.28. The van der Waals surface area contributed by atoms with Gasteiger partial charge in [-0.3, -0.25) is 4.79 Å². The van der Waals surface area contributed by atoms with Crippen molar-refractivity contribution in [2.75, 3.05) is 0 Å². The fraction of sp³-hybridized carbons (Fsp3) is 0.500. The minimum absolute atomic E-state index is 0.115. The van der Waals surface area contributed by atoms with E-state index in [1.54, 1.807) is 18.2 Å². The Balaban J connectivity index is 1.96. The SMILES string of the molecule is O=C(Cn1c(C(F)(F)F)nc2ccccc21)C1CCCCC1. The summed E-state index contributed by atoms with van der Waals surface area (Å²) in [6, 6.07) is 6.41. The predicted molar refractivity (Wildman–Crippen MR) is 76.3 cm³/mol. The van der Waals surface area contributed by atoms with E-state index >= 15 is 0 Å². The number of alkyl halides is 3. The van der Waals surface area contributed by atoms with Crippen LogP contribution in [-0.4, -0.2) is 15.3 Å². The lowest BCUT2D eigenvalue weighted by atomic mass is 9.86. The zero-order valence-corrected chi connectivity index (χ0v) is 12.1. The number of ketones is 1. The number of halogens is 3. The van der Waals surface area contributed by atoms with Crippen LogP contribution in [0.2, 0.25) is 0 Å². The van der Waals surface area contributed by atoms with Gasteiger partial charge in [0.05, 0.1) is 17.6 Å². The van der Waals surface area contributed by atoms with Crippen molar-refractivity contribution in [1.82, 2.24) is 9.55 Å². The summed E-state index contributed by atoms with van der Waals surface area (Å²) in [4.78, 5) is 16.0. The molecule has 0 N–H and O–H groups in total. The first kappa shape index (κ1) is 15.1. The third-order valence-electron chi connectivity index (χ3n) is 4.28. The number of carbonyl (C=O) groups excluding carboxylic acids is 1. The van der Waals surface area contributed by atoms with Crippen LogP contribution in [0.3, 0.4) is 0 Å². The lowest BCUT2D eigenvalue weighted by Crippen LogP contribution is -2.25. The number of rotatable bonds is 3. The van der Waals surface area contributed by atoms with Gasteiger partial charge in [0, 0.05) is 5.92 Å². The largest absolute Gasteiger partial charge is 0.449 e. The monoisotopic (exact) mass is 310 g/mol. The third kappa shape index (κ3) is 2.87. The maximum atomic E-state index is 13.2. The van der Waals surface area contributed by atoms with Crippen molar-refractivity contribution in [2.24, 2.45) is 5.92 Å². The number of carbonyl (C=O) groups is 1. The van der Waals surface area contributed by atoms with Gasteiger partial charge in [0.1, 0.15) is 0 Å². The lowest BCUT2D eigenvalue weighted by Gasteiger charge is -2.21. The maximum absolute atomic E-state index is 13.2. The first-order valence-corrected chi connectivity index (χ1v) is 7.52. The number of fused-ring (bicyclic) bond motifs is 1. The van der Waals surface area contributed by atoms with E-state index in [4.69, 9.17) is 0 Å². The van der Waals surface area contributed by atoms with Gasteiger partial charge < -0.3 is 4.57 Å². The van der Waals surface area contributed by atoms with Crippen LogP contribution in [0.15, 0.2) is 24.3 Å². The number of nitrogens with zero attached hydrogens (tertiary/aromatic N) is 2. The Bertz CT molecular complexity index is 684. The van der Waals surface area contributed by atoms with Gasteiger partial charge in [0.2, 0.25) is 5.82 Å². The molecule has 3 nitrogen and oxygen atoms in total. The Hall–Kier alpha value is -1.85. The second kappa shape index (κ2) is 5.74. The van der Waals surface area contributed by atoms with E-state index in [0.717, 1.165) is 36.7 Å². The Labute approximate surface area is 126 Å². The topological polar surface area (TPSA) is 34.9 Å². The molecule has 0 atom stereocenters. The zero-order chi connectivity index (χ0) is 15.7. The molecule has 0 aliphatic heterocycles. The van der Waals surface area contributed by atoms with E-state index in [1.807, 2.05) is 0 Å². The summed E-state index contributed by atoms with van der Waals surface area (Å²) >= 11 is 0. The highest BCUT2D eigenvalue weighted by atomic mass is 19.4. The molecular formula is C16H17F3N2O. The van der Waals surface area contributed by atoms with Crippen LogP contribution in [0.5, 0.6) is 0 Å². The summed E-state index contributed by atoms with van der Waals surface area (Å²) in [5.74, 6) is -1.22. The van der Waals surface area contributed by atoms with Crippen LogP contribution in [0.4, 0.5) is 13.2 Å². The fourth-order valence-corrected chi connectivity index (χ4v) is 3.16. The van der Waals surface area contributed by atoms with E-state index < -0.39 is 12.0 Å². The molecule has 0 bridgehead atoms. The van der Waals surface area contributed by atoms with Crippen LogP contribution < -0.4 is 0 Å². The molecule has 1 aliphatic carbocycles. The first-order chi connectivity index (χ1) is 10.5. The average molecular weight is 310 g/mol. The van der Waals surface area contributed by atoms with Gasteiger partial charge in [-0.05, 0) is 25.0 Å². The van der Waals surface area contributed by atoms with Crippen LogP contribution in [0.25, 0.3) is 11.0 Å². The molecule has 1 saturated carbocycles. The van der Waals surface area contributed by atoms with E-state index in [9.17, 15) is 18.0 Å². The lowest BCUT2D eigenvalue weighted by molar-refractivity contribution is -0.147. The number of para-hydroxylation sites is 2. The number of aromatic nitrogens is 2. The summed E-state index contributed by atoms with van der Waals surface area (Å²) < 4.78 is 40.6. The summed E-state index contributed by atoms with van der Waals surface area (Å²) in [6.07, 6.45) is 0.0670. The minimum atomic E-state index is -4.56. The van der Waals surface area contributed by atoms with Crippen molar-refractivity contribution in [1.29, 1.82) is 0 Å². The average Bonchev–Trinajstić information content (AvgIpc) is 2.87. The molecule has 1 aliphatic rings. The second-order valence-corrected chi connectivity index (χ2v) is 5.81. The van der Waals surface area contributed by atoms with E-state index in [-0.39, 0.29) is 23.8 Å². The molecule has 1 aromatic heterocycles. The predicted octanol–water partition coefficient (Wildman–Crippen LogP) is 4.20. The highest BCUT2D eigenvalue weighted by Gasteiger charge is 2.38. The molecule has 3 rings (SSSR count). The normalized spacial score (nSPS) is 17.0. The van der Waals surface area contributed by atoms with Crippen LogP contribution in [0.1, 0.15) is 37.9 Å². The maximum Gasteiger partial charge on any atom is 0.449 e. The quantitative estimate of drug-likeness (QED) is 0.851. The van der Waals surface area contributed by atoms with Crippen molar-refractivity contribution < 1.29 is 18.0 Å². The van der Waals surface area contributed by atoms with Gasteiger partial charge in [0.15, 0.2) is 5.78 Å². The van der Waals surface area contributed by atoms with Crippen LogP contribution in [0, 0.1) is 5.92 Å². The van der Waals surface area contributed by atoms with Crippen LogP contribution >= 0.6 is 0 Å². The number of imidazole rings is 1. The molecule has 22 heavy (non-hydrogen) atoms. The highest BCUT2D eigenvalue weighted by molar-refractivity contribution is 5.84. The summed E-state index contributed by atoms with van der Waals surface area (Å²) in [6.45, 7) is -0.250. The molecule has 0 spiro atoms. The number of Topliss-reactive ketones (excluding diaryl/α,β-unsaturated/α-hetero) is 1. The Morgan fingerprint density at radius 2 is 1.86 bits per heavy atom. The molecule has 0 unspecified atom stereocenters. The van der Waals surface area contributed by atoms with Gasteiger partial charge in [-0.1, -0.05) is 31.4 Å². The smallest absolute Gasteiger partial charge is 0.313 e. The molecule has 0 radical (unpaired) electrons. The first-order valence-electron chi connectivity index (χ1n) is 7.52. The molecule has 0 amide bonds. The van der Waals surface area contributed by atoms with Crippen molar-refractivity contribution in [3.8, 4) is 0 Å². The van der Waals surface area contributed by atoms with Crippen LogP contribution in [-0.2, 0) is 17.5 Å². The Kier molecular flexibility index (Phi) is 3.93. The van der Waals surface area contributed by atoms with Crippen molar-refractivity contribution in [2.45, 2.75) is 44.8 Å². The fourth-order valence-electron chi connectivity index (χ4n) is 3.16. The molecule has 118 valence electrons. The minimum Gasteiger partial charge on any atom is -0.313 e. The molecule has 6 heteroatoms. The summed E-state index contributed by atoms with van der Waals surface area (Å²) in [7, 11) is 0. The molecule has 0 saturated heterocycles. The molecule has 1 aromatic carbocycles. The van der Waals surface area contributed by atoms with E-state index in [2.05, 4.69) is 4.98 Å². The second-order valence-electron chi connectivity index (χ2n) is 5.81. The number of hydrogen-bond donors (Lipinski definition) is 0. The summed E-state index contributed by atoms with van der Waals surface area (Å²) in [5, 5.41) is 0. The van der Waals surface area contributed by atoms with Gasteiger partial charge in [-0.2, -0.15) is 13.2 Å². The standard InChI is InChI=1S/C16H17F3N2O/c17-16(18,19)15-20-12-8-4-5-9-13(12)21(15)10-14(22)11-6-2-1-3-7-11/h4-5,8-9,11H,1-3,6-7,10H2. The van der Waals surface area contributed by atoms with Gasteiger partial charge in [-0.25, -0.2) is 4.98 Å². The zero-order valence-electron chi connectivity index (χ0n) is 12.1. The van der Waals surface area contributed by atoms with Crippen molar-refractivity contribution >= 4 is 16.8 Å². The molecule has 1 heterocycles. The van der Waals surface area contributed by atoms with Gasteiger partial charge in [-0.15, -0.1) is 0 Å². The molecule has 2 aromatic rings. The van der Waals surface area contributed by atoms with Gasteiger partial charge in [0.25, 0.3) is 0 Å². The Morgan fingerprint density at radius 3 is 2.55 bits per heavy atom. The number of benzene rings is 1. The van der Waals surface area contributed by atoms with E-state index in [0.29, 0.717) is 5.52 Å². The number of hydrogen-bond acceptors (Lipinski definition) is 2. The highest BCUT2D eigenvalue weighted by Crippen LogP contribution is 2.32. The van der Waals surface area contributed by atoms with Crippen molar-refractivity contribution in [3.05, 3.63) is 30.1 Å². The van der Waals surface area contributed by atoms with Crippen molar-refractivity contribution in [3.63, 3.8) is 0 Å². The van der Waals surface area contributed by atoms with Gasteiger partial charge >= 0.3 is 6.18 Å².